The van der Waals surface area contributed by atoms with Gasteiger partial charge in [0.1, 0.15) is 17.0 Å². The molecule has 5 nitrogen and oxygen atoms in total. The molecular weight excluding hydrogens is 252 g/mol. The molecule has 0 radical (unpaired) electrons. The maximum atomic E-state index is 12.4. The zero-order chi connectivity index (χ0) is 14.4. The van der Waals surface area contributed by atoms with Gasteiger partial charge in [-0.15, -0.1) is 13.0 Å². The highest BCUT2D eigenvalue weighted by molar-refractivity contribution is 5.86. The van der Waals surface area contributed by atoms with Crippen molar-refractivity contribution in [3.63, 3.8) is 0 Å². The Kier molecular flexibility index (Phi) is 4.30. The minimum atomic E-state index is -0.192. The molecule has 0 atom stereocenters. The number of hydrogen-bond donors (Lipinski definition) is 1. The number of rotatable bonds is 5. The van der Waals surface area contributed by atoms with Crippen LogP contribution < -0.4 is 10.9 Å². The first-order chi connectivity index (χ1) is 9.77. The van der Waals surface area contributed by atoms with Gasteiger partial charge in [0.2, 0.25) is 0 Å². The molecule has 0 aliphatic heterocycles. The molecule has 2 aromatic rings. The quantitative estimate of drug-likeness (QED) is 0.505. The van der Waals surface area contributed by atoms with E-state index in [2.05, 4.69) is 27.8 Å². The molecular formula is C15H14N4O. The van der Waals surface area contributed by atoms with Crippen LogP contribution in [0.3, 0.4) is 0 Å². The van der Waals surface area contributed by atoms with Gasteiger partial charge in [-0.25, -0.2) is 4.98 Å². The Hall–Kier alpha value is -2.87. The molecule has 0 amide bonds. The highest BCUT2D eigenvalue weighted by Gasteiger charge is 2.09. The summed E-state index contributed by atoms with van der Waals surface area (Å²) >= 11 is 0. The molecule has 2 rings (SSSR count). The van der Waals surface area contributed by atoms with Crippen molar-refractivity contribution in [1.29, 1.82) is 0 Å². The van der Waals surface area contributed by atoms with Crippen LogP contribution >= 0.6 is 0 Å². The number of hydrogen-bond acceptors (Lipinski definition) is 4. The smallest absolute Gasteiger partial charge is 0.268 e. The monoisotopic (exact) mass is 266 g/mol. The maximum absolute atomic E-state index is 12.4. The van der Waals surface area contributed by atoms with Crippen molar-refractivity contribution in [2.75, 3.05) is 18.4 Å². The van der Waals surface area contributed by atoms with Gasteiger partial charge in [0, 0.05) is 19.0 Å². The fourth-order valence-electron chi connectivity index (χ4n) is 1.71. The van der Waals surface area contributed by atoms with Crippen molar-refractivity contribution in [2.45, 2.75) is 0 Å². The molecule has 2 aromatic heterocycles. The number of nitrogens with zero attached hydrogens (tertiary/aromatic N) is 3. The zero-order valence-electron chi connectivity index (χ0n) is 10.9. The normalized spacial score (nSPS) is 10.6. The van der Waals surface area contributed by atoms with Gasteiger partial charge >= 0.3 is 0 Å². The van der Waals surface area contributed by atoms with Crippen molar-refractivity contribution < 1.29 is 0 Å². The van der Waals surface area contributed by atoms with Crippen molar-refractivity contribution in [3.05, 3.63) is 53.0 Å². The molecule has 100 valence electrons. The van der Waals surface area contributed by atoms with Crippen LogP contribution in [0.15, 0.2) is 46.8 Å². The highest BCUT2D eigenvalue weighted by atomic mass is 16.1. The van der Waals surface area contributed by atoms with E-state index in [9.17, 15) is 4.79 Å². The zero-order valence-corrected chi connectivity index (χ0v) is 10.9. The van der Waals surface area contributed by atoms with Crippen LogP contribution in [-0.2, 0) is 0 Å². The van der Waals surface area contributed by atoms with E-state index < -0.39 is 0 Å². The average molecular weight is 266 g/mol. The summed E-state index contributed by atoms with van der Waals surface area (Å²) in [6.07, 6.45) is 9.96. The predicted molar refractivity (Wildman–Crippen MR) is 81.4 cm³/mol. The lowest BCUT2D eigenvalue weighted by molar-refractivity contribution is 1.03. The second-order valence-electron chi connectivity index (χ2n) is 3.95. The molecule has 2 heterocycles. The third kappa shape index (κ3) is 2.75. The van der Waals surface area contributed by atoms with Crippen LogP contribution in [0.2, 0.25) is 0 Å². The second-order valence-corrected chi connectivity index (χ2v) is 3.95. The van der Waals surface area contributed by atoms with E-state index >= 15 is 0 Å². The molecule has 0 saturated heterocycles. The number of aliphatic imine (C=N–C) groups is 1. The van der Waals surface area contributed by atoms with Gasteiger partial charge in [0.05, 0.1) is 6.54 Å². The van der Waals surface area contributed by atoms with Crippen LogP contribution in [0.1, 0.15) is 5.56 Å². The van der Waals surface area contributed by atoms with Gasteiger partial charge in [-0.1, -0.05) is 18.1 Å². The van der Waals surface area contributed by atoms with Crippen LogP contribution in [0.25, 0.3) is 5.65 Å². The molecule has 0 spiro atoms. The van der Waals surface area contributed by atoms with Crippen molar-refractivity contribution in [3.8, 4) is 12.3 Å². The molecule has 0 aliphatic carbocycles. The van der Waals surface area contributed by atoms with E-state index in [4.69, 9.17) is 6.42 Å². The SMILES string of the molecule is C#CCN=Cc1c(NCC=C)nc2ccccn2c1=O. The van der Waals surface area contributed by atoms with E-state index in [0.717, 1.165) is 0 Å². The Morgan fingerprint density at radius 1 is 1.55 bits per heavy atom. The Morgan fingerprint density at radius 3 is 3.15 bits per heavy atom. The fraction of sp³-hybridized carbons (Fsp3) is 0.133. The summed E-state index contributed by atoms with van der Waals surface area (Å²) in [7, 11) is 0. The highest BCUT2D eigenvalue weighted by Crippen LogP contribution is 2.08. The van der Waals surface area contributed by atoms with E-state index in [1.807, 2.05) is 6.07 Å². The Morgan fingerprint density at radius 2 is 2.40 bits per heavy atom. The molecule has 0 aliphatic rings. The summed E-state index contributed by atoms with van der Waals surface area (Å²) < 4.78 is 1.47. The lowest BCUT2D eigenvalue weighted by Crippen LogP contribution is -2.22. The summed E-state index contributed by atoms with van der Waals surface area (Å²) in [5.41, 5.74) is 0.756. The molecule has 0 fully saturated rings. The minimum Gasteiger partial charge on any atom is -0.366 e. The molecule has 0 aromatic carbocycles. The average Bonchev–Trinajstić information content (AvgIpc) is 2.48. The van der Waals surface area contributed by atoms with Crippen LogP contribution in [-0.4, -0.2) is 28.7 Å². The van der Waals surface area contributed by atoms with Crippen molar-refractivity contribution in [1.82, 2.24) is 9.38 Å². The summed E-state index contributed by atoms with van der Waals surface area (Å²) in [5.74, 6) is 2.87. The van der Waals surface area contributed by atoms with E-state index in [-0.39, 0.29) is 12.1 Å². The van der Waals surface area contributed by atoms with Crippen molar-refractivity contribution >= 4 is 17.7 Å². The number of terminal acetylenes is 1. The Labute approximate surface area is 116 Å². The third-order valence-corrected chi connectivity index (χ3v) is 2.59. The predicted octanol–water partition coefficient (Wildman–Crippen LogP) is 1.34. The number of fused-ring (bicyclic) bond motifs is 1. The van der Waals surface area contributed by atoms with Gasteiger partial charge in [-0.2, -0.15) is 0 Å². The molecule has 5 heteroatoms. The summed E-state index contributed by atoms with van der Waals surface area (Å²) in [6, 6.07) is 5.36. The fourth-order valence-corrected chi connectivity index (χ4v) is 1.71. The topological polar surface area (TPSA) is 58.8 Å². The maximum Gasteiger partial charge on any atom is 0.268 e. The van der Waals surface area contributed by atoms with E-state index in [1.54, 1.807) is 24.4 Å². The van der Waals surface area contributed by atoms with Gasteiger partial charge in [0.25, 0.3) is 5.56 Å². The lowest BCUT2D eigenvalue weighted by atomic mass is 10.3. The summed E-state index contributed by atoms with van der Waals surface area (Å²) in [5, 5.41) is 3.04. The van der Waals surface area contributed by atoms with E-state index in [0.29, 0.717) is 23.6 Å². The van der Waals surface area contributed by atoms with Gasteiger partial charge < -0.3 is 5.32 Å². The number of aromatic nitrogens is 2. The standard InChI is InChI=1S/C15H14N4O/c1-3-8-16-11-12-14(17-9-4-2)18-13-7-5-6-10-19(13)15(12)20/h1,4-7,10-11,17H,2,8-9H2. The van der Waals surface area contributed by atoms with Crippen LogP contribution in [0.4, 0.5) is 5.82 Å². The Bertz CT molecular complexity index is 753. The summed E-state index contributed by atoms with van der Waals surface area (Å²) in [4.78, 5) is 20.9. The lowest BCUT2D eigenvalue weighted by Gasteiger charge is -2.08. The summed E-state index contributed by atoms with van der Waals surface area (Å²) in [6.45, 7) is 4.36. The molecule has 0 unspecified atom stereocenters. The minimum absolute atomic E-state index is 0.192. The van der Waals surface area contributed by atoms with Crippen LogP contribution in [0, 0.1) is 12.3 Å². The van der Waals surface area contributed by atoms with Gasteiger partial charge in [-0.3, -0.25) is 14.2 Å². The third-order valence-electron chi connectivity index (χ3n) is 2.59. The molecule has 0 saturated carbocycles. The number of anilines is 1. The Balaban J connectivity index is 2.60. The first-order valence-electron chi connectivity index (χ1n) is 6.07. The van der Waals surface area contributed by atoms with Gasteiger partial charge in [0.15, 0.2) is 0 Å². The molecule has 1 N–H and O–H groups in total. The number of nitrogens with one attached hydrogen (secondary N) is 1. The first-order valence-corrected chi connectivity index (χ1v) is 6.07. The van der Waals surface area contributed by atoms with E-state index in [1.165, 1.54) is 10.6 Å². The van der Waals surface area contributed by atoms with Gasteiger partial charge in [-0.05, 0) is 12.1 Å². The number of pyridine rings is 1. The second kappa shape index (κ2) is 6.34. The first kappa shape index (κ1) is 13.6. The van der Waals surface area contributed by atoms with Crippen LogP contribution in [0.5, 0.6) is 0 Å². The van der Waals surface area contributed by atoms with Crippen molar-refractivity contribution in [2.24, 2.45) is 4.99 Å². The molecule has 0 bridgehead atoms. The largest absolute Gasteiger partial charge is 0.366 e. The molecule has 20 heavy (non-hydrogen) atoms.